The molecule has 1 atom stereocenters. The molecule has 19 heavy (non-hydrogen) atoms. The van der Waals surface area contributed by atoms with Gasteiger partial charge in [0.15, 0.2) is 0 Å². The summed E-state index contributed by atoms with van der Waals surface area (Å²) >= 11 is 3.06. The molecule has 0 radical (unpaired) electrons. The van der Waals surface area contributed by atoms with Gasteiger partial charge < -0.3 is 0 Å². The highest BCUT2D eigenvalue weighted by Crippen LogP contribution is 2.30. The molecule has 3 N–H and O–H groups in total. The highest BCUT2D eigenvalue weighted by molar-refractivity contribution is 9.10. The maximum absolute atomic E-state index is 14.0. The number of nitrogens with one attached hydrogen (secondary N) is 1. The fraction of sp³-hybridized carbons (Fsp3) is 0.143. The van der Waals surface area contributed by atoms with E-state index in [1.54, 1.807) is 12.1 Å². The van der Waals surface area contributed by atoms with E-state index in [2.05, 4.69) is 21.4 Å². The first-order valence-electron chi connectivity index (χ1n) is 5.70. The van der Waals surface area contributed by atoms with E-state index in [1.807, 2.05) is 19.1 Å². The number of halogens is 3. The minimum absolute atomic E-state index is 0.0833. The molecule has 0 spiro atoms. The predicted octanol–water partition coefficient (Wildman–Crippen LogP) is 3.59. The second kappa shape index (κ2) is 5.77. The van der Waals surface area contributed by atoms with E-state index in [1.165, 1.54) is 12.1 Å². The molecule has 0 aromatic heterocycles. The Morgan fingerprint density at radius 1 is 1.16 bits per heavy atom. The van der Waals surface area contributed by atoms with Gasteiger partial charge in [-0.2, -0.15) is 0 Å². The second-order valence-corrected chi connectivity index (χ2v) is 5.16. The molecule has 0 aliphatic heterocycles. The van der Waals surface area contributed by atoms with Crippen LogP contribution in [-0.2, 0) is 0 Å². The van der Waals surface area contributed by atoms with Crippen molar-refractivity contribution in [3.05, 3.63) is 69.2 Å². The van der Waals surface area contributed by atoms with Gasteiger partial charge in [0.2, 0.25) is 0 Å². The second-order valence-electron chi connectivity index (χ2n) is 4.24. The number of benzene rings is 2. The summed E-state index contributed by atoms with van der Waals surface area (Å²) in [7, 11) is 0. The Hall–Kier alpha value is -1.30. The molecule has 0 fully saturated rings. The summed E-state index contributed by atoms with van der Waals surface area (Å²) in [5, 5.41) is 0. The smallest absolute Gasteiger partial charge is 0.132 e. The quantitative estimate of drug-likeness (QED) is 0.668. The van der Waals surface area contributed by atoms with Gasteiger partial charge >= 0.3 is 0 Å². The SMILES string of the molecule is Cc1ccccc1C(NN)c1c(F)cc(Br)cc1F. The summed E-state index contributed by atoms with van der Waals surface area (Å²) in [6, 6.07) is 9.05. The molecule has 0 amide bonds. The fourth-order valence-corrected chi connectivity index (χ4v) is 2.47. The van der Waals surface area contributed by atoms with Crippen molar-refractivity contribution in [2.24, 2.45) is 5.84 Å². The lowest BCUT2D eigenvalue weighted by Crippen LogP contribution is -2.30. The lowest BCUT2D eigenvalue weighted by Gasteiger charge is -2.20. The van der Waals surface area contributed by atoms with E-state index in [0.29, 0.717) is 4.47 Å². The summed E-state index contributed by atoms with van der Waals surface area (Å²) in [5.41, 5.74) is 4.05. The van der Waals surface area contributed by atoms with Gasteiger partial charge in [0, 0.05) is 10.0 Å². The van der Waals surface area contributed by atoms with Gasteiger partial charge in [0.25, 0.3) is 0 Å². The highest BCUT2D eigenvalue weighted by Gasteiger charge is 2.22. The molecule has 100 valence electrons. The first-order valence-corrected chi connectivity index (χ1v) is 6.50. The lowest BCUT2D eigenvalue weighted by atomic mass is 9.95. The van der Waals surface area contributed by atoms with Crippen LogP contribution in [0.2, 0.25) is 0 Å². The number of hydrogen-bond acceptors (Lipinski definition) is 2. The van der Waals surface area contributed by atoms with E-state index in [0.717, 1.165) is 11.1 Å². The number of nitrogens with two attached hydrogens (primary N) is 1. The molecule has 5 heteroatoms. The lowest BCUT2D eigenvalue weighted by molar-refractivity contribution is 0.508. The van der Waals surface area contributed by atoms with Crippen LogP contribution in [0.4, 0.5) is 8.78 Å². The van der Waals surface area contributed by atoms with Gasteiger partial charge in [-0.05, 0) is 30.2 Å². The largest absolute Gasteiger partial charge is 0.271 e. The summed E-state index contributed by atoms with van der Waals surface area (Å²) in [6.45, 7) is 1.87. The summed E-state index contributed by atoms with van der Waals surface area (Å²) in [5.74, 6) is 4.21. The van der Waals surface area contributed by atoms with Crippen LogP contribution in [0.15, 0.2) is 40.9 Å². The Kier molecular flexibility index (Phi) is 4.29. The van der Waals surface area contributed by atoms with Crippen molar-refractivity contribution in [2.45, 2.75) is 13.0 Å². The van der Waals surface area contributed by atoms with Crippen LogP contribution in [0.3, 0.4) is 0 Å². The zero-order chi connectivity index (χ0) is 14.0. The van der Waals surface area contributed by atoms with Crippen LogP contribution in [0, 0.1) is 18.6 Å². The minimum Gasteiger partial charge on any atom is -0.271 e. The van der Waals surface area contributed by atoms with E-state index >= 15 is 0 Å². The van der Waals surface area contributed by atoms with Gasteiger partial charge in [-0.15, -0.1) is 0 Å². The molecule has 2 rings (SSSR count). The Morgan fingerprint density at radius 2 is 1.74 bits per heavy atom. The summed E-state index contributed by atoms with van der Waals surface area (Å²) in [6.07, 6.45) is 0. The Bertz CT molecular complexity index is 579. The normalized spacial score (nSPS) is 12.5. The van der Waals surface area contributed by atoms with E-state index in [-0.39, 0.29) is 5.56 Å². The summed E-state index contributed by atoms with van der Waals surface area (Å²) in [4.78, 5) is 0. The van der Waals surface area contributed by atoms with Gasteiger partial charge in [-0.3, -0.25) is 5.84 Å². The van der Waals surface area contributed by atoms with Gasteiger partial charge in [-0.25, -0.2) is 14.2 Å². The average molecular weight is 327 g/mol. The topological polar surface area (TPSA) is 38.0 Å². The third-order valence-electron chi connectivity index (χ3n) is 3.00. The standard InChI is InChI=1S/C14H13BrF2N2/c1-8-4-2-3-5-10(8)14(19-18)13-11(16)6-9(15)7-12(13)17/h2-7,14,19H,18H2,1H3. The van der Waals surface area contributed by atoms with Crippen LogP contribution in [0.25, 0.3) is 0 Å². The molecule has 2 aromatic rings. The molecule has 1 unspecified atom stereocenters. The van der Waals surface area contributed by atoms with Crippen molar-refractivity contribution >= 4 is 15.9 Å². The molecule has 0 aliphatic rings. The van der Waals surface area contributed by atoms with Gasteiger partial charge in [0.05, 0.1) is 6.04 Å². The van der Waals surface area contributed by atoms with Crippen LogP contribution >= 0.6 is 15.9 Å². The Balaban J connectivity index is 2.58. The third-order valence-corrected chi connectivity index (χ3v) is 3.46. The molecule has 0 saturated heterocycles. The van der Waals surface area contributed by atoms with Crippen molar-refractivity contribution in [1.82, 2.24) is 5.43 Å². The molecular weight excluding hydrogens is 314 g/mol. The average Bonchev–Trinajstić information content (AvgIpc) is 2.34. The molecule has 0 saturated carbocycles. The number of aryl methyl sites for hydroxylation is 1. The molecule has 0 heterocycles. The summed E-state index contributed by atoms with van der Waals surface area (Å²) < 4.78 is 28.4. The fourth-order valence-electron chi connectivity index (χ4n) is 2.07. The van der Waals surface area contributed by atoms with E-state index in [4.69, 9.17) is 5.84 Å². The van der Waals surface area contributed by atoms with Gasteiger partial charge in [0.1, 0.15) is 11.6 Å². The van der Waals surface area contributed by atoms with Crippen LogP contribution in [-0.4, -0.2) is 0 Å². The number of rotatable bonds is 3. The molecule has 0 bridgehead atoms. The van der Waals surface area contributed by atoms with Crippen molar-refractivity contribution in [1.29, 1.82) is 0 Å². The van der Waals surface area contributed by atoms with Crippen molar-refractivity contribution in [3.63, 3.8) is 0 Å². The molecular formula is C14H13BrF2N2. The third kappa shape index (κ3) is 2.83. The first kappa shape index (κ1) is 14.1. The van der Waals surface area contributed by atoms with Crippen molar-refractivity contribution in [3.8, 4) is 0 Å². The van der Waals surface area contributed by atoms with Crippen LogP contribution in [0.5, 0.6) is 0 Å². The van der Waals surface area contributed by atoms with E-state index < -0.39 is 17.7 Å². The van der Waals surface area contributed by atoms with Gasteiger partial charge in [-0.1, -0.05) is 40.2 Å². The van der Waals surface area contributed by atoms with E-state index in [9.17, 15) is 8.78 Å². The minimum atomic E-state index is -0.728. The van der Waals surface area contributed by atoms with Crippen molar-refractivity contribution in [2.75, 3.05) is 0 Å². The zero-order valence-corrected chi connectivity index (χ0v) is 11.8. The first-order chi connectivity index (χ1) is 9.04. The highest BCUT2D eigenvalue weighted by atomic mass is 79.9. The molecule has 2 aromatic carbocycles. The van der Waals surface area contributed by atoms with Crippen LogP contribution < -0.4 is 11.3 Å². The monoisotopic (exact) mass is 326 g/mol. The van der Waals surface area contributed by atoms with Crippen molar-refractivity contribution < 1.29 is 8.78 Å². The Labute approximate surface area is 118 Å². The predicted molar refractivity (Wildman–Crippen MR) is 74.4 cm³/mol. The maximum Gasteiger partial charge on any atom is 0.132 e. The van der Waals surface area contributed by atoms with Crippen LogP contribution in [0.1, 0.15) is 22.7 Å². The zero-order valence-electron chi connectivity index (χ0n) is 10.3. The molecule has 2 nitrogen and oxygen atoms in total. The Morgan fingerprint density at radius 3 is 2.26 bits per heavy atom. The number of hydrazine groups is 1. The molecule has 0 aliphatic carbocycles. The number of hydrogen-bond donors (Lipinski definition) is 2. The maximum atomic E-state index is 14.0.